The molecule has 0 unspecified atom stereocenters. The Balaban J connectivity index is 1.33. The Morgan fingerprint density at radius 3 is 2.37 bits per heavy atom. The van der Waals surface area contributed by atoms with Crippen molar-refractivity contribution in [2.45, 2.75) is 50.4 Å². The Morgan fingerprint density at radius 2 is 1.73 bits per heavy atom. The number of carbonyl (C=O) groups is 2. The number of rotatable bonds is 4. The Labute approximate surface area is 181 Å². The molecule has 164 valence electrons. The first-order valence-electron chi connectivity index (χ1n) is 10.5. The zero-order valence-corrected chi connectivity index (χ0v) is 18.6. The van der Waals surface area contributed by atoms with Crippen LogP contribution in [0.4, 0.5) is 9.80 Å². The number of urea groups is 1. The quantitative estimate of drug-likeness (QED) is 0.711. The van der Waals surface area contributed by atoms with Gasteiger partial charge in [-0.25, -0.2) is 13.2 Å². The summed E-state index contributed by atoms with van der Waals surface area (Å²) in [5.74, 6) is -0.273. The highest BCUT2D eigenvalue weighted by Gasteiger charge is 2.39. The molecule has 30 heavy (non-hydrogen) atoms. The number of sulfonamides is 1. The van der Waals surface area contributed by atoms with Crippen molar-refractivity contribution in [2.75, 3.05) is 31.5 Å². The summed E-state index contributed by atoms with van der Waals surface area (Å²) in [5.41, 5.74) is 0.945. The third kappa shape index (κ3) is 4.26. The van der Waals surface area contributed by atoms with Gasteiger partial charge in [0.15, 0.2) is 0 Å². The fourth-order valence-corrected chi connectivity index (χ4v) is 7.43. The van der Waals surface area contributed by atoms with Crippen LogP contribution < -0.4 is 5.32 Å². The maximum Gasteiger partial charge on any atom is 0.319 e. The van der Waals surface area contributed by atoms with Crippen molar-refractivity contribution >= 4 is 38.3 Å². The van der Waals surface area contributed by atoms with Gasteiger partial charge in [-0.2, -0.15) is 4.31 Å². The van der Waals surface area contributed by atoms with E-state index in [1.807, 2.05) is 15.9 Å². The van der Waals surface area contributed by atoms with Gasteiger partial charge in [0.2, 0.25) is 15.9 Å². The molecule has 3 aliphatic heterocycles. The number of carbonyl (C=O) groups excluding carboxylic acids is 2. The van der Waals surface area contributed by atoms with E-state index in [0.717, 1.165) is 36.4 Å². The highest BCUT2D eigenvalue weighted by Crippen LogP contribution is 2.37. The first-order chi connectivity index (χ1) is 14.4. The van der Waals surface area contributed by atoms with Crippen molar-refractivity contribution in [3.8, 4) is 0 Å². The lowest BCUT2D eigenvalue weighted by molar-refractivity contribution is -0.111. The second kappa shape index (κ2) is 8.68. The van der Waals surface area contributed by atoms with E-state index < -0.39 is 15.3 Å². The molecule has 4 heterocycles. The molecule has 0 bridgehead atoms. The molecule has 0 saturated carbocycles. The maximum atomic E-state index is 13.2. The summed E-state index contributed by atoms with van der Waals surface area (Å²) in [7, 11) is -3.43. The molecule has 0 radical (unpaired) electrons. The number of hydrogen-bond acceptors (Lipinski definition) is 5. The molecule has 4 rings (SSSR count). The summed E-state index contributed by atoms with van der Waals surface area (Å²) in [5, 5.41) is 3.00. The average molecular weight is 453 g/mol. The second-order valence-electron chi connectivity index (χ2n) is 8.08. The minimum absolute atomic E-state index is 0.0583. The van der Waals surface area contributed by atoms with E-state index in [1.165, 1.54) is 23.8 Å². The van der Waals surface area contributed by atoms with Gasteiger partial charge in [-0.1, -0.05) is 6.58 Å². The smallest absolute Gasteiger partial charge is 0.319 e. The van der Waals surface area contributed by atoms with Crippen LogP contribution in [0.2, 0.25) is 0 Å². The summed E-state index contributed by atoms with van der Waals surface area (Å²) in [6.07, 6.45) is 5.44. The van der Waals surface area contributed by atoms with Crippen molar-refractivity contribution in [1.82, 2.24) is 14.1 Å². The lowest BCUT2D eigenvalue weighted by atomic mass is 10.1. The summed E-state index contributed by atoms with van der Waals surface area (Å²) in [4.78, 5) is 28.8. The molecule has 0 aliphatic carbocycles. The second-order valence-corrected chi connectivity index (χ2v) is 11.4. The van der Waals surface area contributed by atoms with Gasteiger partial charge in [0, 0.05) is 44.1 Å². The predicted molar refractivity (Wildman–Crippen MR) is 117 cm³/mol. The zero-order valence-electron chi connectivity index (χ0n) is 17.0. The lowest BCUT2D eigenvalue weighted by Gasteiger charge is -2.37. The van der Waals surface area contributed by atoms with Crippen molar-refractivity contribution < 1.29 is 18.0 Å². The summed E-state index contributed by atoms with van der Waals surface area (Å²) in [6, 6.07) is 1.90. The van der Waals surface area contributed by atoms with E-state index in [-0.39, 0.29) is 11.9 Å². The highest BCUT2D eigenvalue weighted by atomic mass is 32.2. The first kappa shape index (κ1) is 21.3. The predicted octanol–water partition coefficient (Wildman–Crippen LogP) is 2.59. The van der Waals surface area contributed by atoms with Crippen LogP contribution in [0.25, 0.3) is 0 Å². The number of fused-ring (bicyclic) bond motifs is 1. The summed E-state index contributed by atoms with van der Waals surface area (Å²) in [6.45, 7) is 6.72. The molecule has 3 amide bonds. The van der Waals surface area contributed by atoms with Gasteiger partial charge in [-0.15, -0.1) is 11.3 Å². The Bertz CT molecular complexity index is 905. The summed E-state index contributed by atoms with van der Waals surface area (Å²) < 4.78 is 27.9. The monoisotopic (exact) mass is 452 g/mol. The molecule has 8 nitrogen and oxygen atoms in total. The molecule has 3 aliphatic rings. The van der Waals surface area contributed by atoms with E-state index in [0.29, 0.717) is 44.0 Å². The van der Waals surface area contributed by atoms with Crippen molar-refractivity contribution in [2.24, 2.45) is 0 Å². The van der Waals surface area contributed by atoms with Crippen LogP contribution in [-0.2, 0) is 27.9 Å². The van der Waals surface area contributed by atoms with Gasteiger partial charge in [-0.3, -0.25) is 4.79 Å². The number of nitrogens with zero attached hydrogens (tertiary/aromatic N) is 3. The van der Waals surface area contributed by atoms with E-state index in [1.54, 1.807) is 4.31 Å². The average Bonchev–Trinajstić information content (AvgIpc) is 3.33. The van der Waals surface area contributed by atoms with Crippen LogP contribution in [0.1, 0.15) is 42.5 Å². The molecule has 0 aromatic carbocycles. The molecular weight excluding hydrogens is 424 g/mol. The SMILES string of the molecule is C=CC(=O)Nc1cc2c(s1)CN(S(=O)(=O)C1CCN(C(=O)N3CCCCC3)CC1)C2. The van der Waals surface area contributed by atoms with Crippen molar-refractivity contribution in [3.05, 3.63) is 29.2 Å². The minimum Gasteiger partial charge on any atom is -0.325 e. The summed E-state index contributed by atoms with van der Waals surface area (Å²) >= 11 is 1.41. The van der Waals surface area contributed by atoms with E-state index in [9.17, 15) is 18.0 Å². The zero-order chi connectivity index (χ0) is 21.3. The topological polar surface area (TPSA) is 90.0 Å². The normalized spacial score (nSPS) is 20.8. The number of nitrogens with one attached hydrogen (secondary N) is 1. The maximum absolute atomic E-state index is 13.2. The molecule has 0 spiro atoms. The fraction of sp³-hybridized carbons (Fsp3) is 0.600. The highest BCUT2D eigenvalue weighted by molar-refractivity contribution is 7.89. The molecular formula is C20H28N4O4S2. The van der Waals surface area contributed by atoms with Crippen LogP contribution >= 0.6 is 11.3 Å². The van der Waals surface area contributed by atoms with Gasteiger partial charge in [0.1, 0.15) is 0 Å². The molecule has 1 N–H and O–H groups in total. The molecule has 2 fully saturated rings. The Morgan fingerprint density at radius 1 is 1.07 bits per heavy atom. The number of anilines is 1. The third-order valence-electron chi connectivity index (χ3n) is 6.12. The Hall–Kier alpha value is -1.91. The van der Waals surface area contributed by atoms with Crippen molar-refractivity contribution in [1.29, 1.82) is 0 Å². The number of thiophene rings is 1. The minimum atomic E-state index is -3.43. The molecule has 1 aromatic rings. The van der Waals surface area contributed by atoms with Crippen molar-refractivity contribution in [3.63, 3.8) is 0 Å². The number of piperidine rings is 2. The number of amides is 3. The van der Waals surface area contributed by atoms with Gasteiger partial charge >= 0.3 is 6.03 Å². The van der Waals surface area contributed by atoms with Gasteiger partial charge in [-0.05, 0) is 49.8 Å². The van der Waals surface area contributed by atoms with Gasteiger partial charge in [0.05, 0.1) is 10.3 Å². The van der Waals surface area contributed by atoms with Gasteiger partial charge < -0.3 is 15.1 Å². The van der Waals surface area contributed by atoms with E-state index in [4.69, 9.17) is 0 Å². The molecule has 2 saturated heterocycles. The van der Waals surface area contributed by atoms with Crippen LogP contribution in [0.5, 0.6) is 0 Å². The number of hydrogen-bond donors (Lipinski definition) is 1. The molecule has 10 heteroatoms. The van der Waals surface area contributed by atoms with E-state index in [2.05, 4.69) is 11.9 Å². The van der Waals surface area contributed by atoms with E-state index >= 15 is 0 Å². The molecule has 0 atom stereocenters. The fourth-order valence-electron chi connectivity index (χ4n) is 4.40. The first-order valence-corrected chi connectivity index (χ1v) is 12.8. The lowest BCUT2D eigenvalue weighted by Crippen LogP contribution is -2.51. The van der Waals surface area contributed by atoms with Crippen LogP contribution in [0.15, 0.2) is 18.7 Å². The Kier molecular flexibility index (Phi) is 6.17. The van der Waals surface area contributed by atoms with Crippen LogP contribution in [0, 0.1) is 0 Å². The van der Waals surface area contributed by atoms with Crippen LogP contribution in [-0.4, -0.2) is 65.9 Å². The van der Waals surface area contributed by atoms with Crippen LogP contribution in [0.3, 0.4) is 0 Å². The molecule has 1 aromatic heterocycles. The standard InChI is InChI=1S/C20H28N4O4S2/c1-2-18(25)21-19-12-15-13-24(14-17(15)29-19)30(27,28)16-6-10-23(11-7-16)20(26)22-8-4-3-5-9-22/h2,12,16H,1,3-11,13-14H2,(H,21,25). The number of likely N-dealkylation sites (tertiary alicyclic amines) is 2. The van der Waals surface area contributed by atoms with Gasteiger partial charge in [0.25, 0.3) is 0 Å². The largest absolute Gasteiger partial charge is 0.325 e. The third-order valence-corrected chi connectivity index (χ3v) is 9.48.